The van der Waals surface area contributed by atoms with Crippen LogP contribution >= 0.6 is 0 Å². The fourth-order valence-electron chi connectivity index (χ4n) is 2.95. The SMILES string of the molecule is Cc1ccc([C@H](CNC(=O)CC(C)C)N2CCCC2)cc1. The summed E-state index contributed by atoms with van der Waals surface area (Å²) in [4.78, 5) is 14.4. The highest BCUT2D eigenvalue weighted by molar-refractivity contribution is 5.76. The van der Waals surface area contributed by atoms with E-state index in [4.69, 9.17) is 0 Å². The molecule has 0 spiro atoms. The Morgan fingerprint density at radius 1 is 1.19 bits per heavy atom. The zero-order valence-corrected chi connectivity index (χ0v) is 13.6. The molecule has 0 aliphatic carbocycles. The topological polar surface area (TPSA) is 32.3 Å². The Hall–Kier alpha value is -1.35. The number of nitrogens with zero attached hydrogens (tertiary/aromatic N) is 1. The van der Waals surface area contributed by atoms with Crippen LogP contribution in [0.1, 0.15) is 50.3 Å². The summed E-state index contributed by atoms with van der Waals surface area (Å²) in [5.41, 5.74) is 2.59. The maximum absolute atomic E-state index is 11.9. The summed E-state index contributed by atoms with van der Waals surface area (Å²) in [6.07, 6.45) is 3.14. The van der Waals surface area contributed by atoms with Gasteiger partial charge >= 0.3 is 0 Å². The van der Waals surface area contributed by atoms with Crippen molar-refractivity contribution in [3.8, 4) is 0 Å². The average molecular weight is 288 g/mol. The smallest absolute Gasteiger partial charge is 0.220 e. The fraction of sp³-hybridized carbons (Fsp3) is 0.611. The third kappa shape index (κ3) is 4.85. The van der Waals surface area contributed by atoms with Gasteiger partial charge in [0.05, 0.1) is 6.04 Å². The van der Waals surface area contributed by atoms with Crippen molar-refractivity contribution in [1.82, 2.24) is 10.2 Å². The van der Waals surface area contributed by atoms with Gasteiger partial charge in [-0.1, -0.05) is 43.7 Å². The second-order valence-corrected chi connectivity index (χ2v) is 6.57. The number of carbonyl (C=O) groups is 1. The van der Waals surface area contributed by atoms with Gasteiger partial charge in [-0.15, -0.1) is 0 Å². The summed E-state index contributed by atoms with van der Waals surface area (Å²) in [7, 11) is 0. The Bertz CT molecular complexity index is 447. The van der Waals surface area contributed by atoms with Crippen LogP contribution in [0.15, 0.2) is 24.3 Å². The van der Waals surface area contributed by atoms with Gasteiger partial charge < -0.3 is 5.32 Å². The number of carbonyl (C=O) groups excluding carboxylic acids is 1. The van der Waals surface area contributed by atoms with Gasteiger partial charge in [0.2, 0.25) is 5.91 Å². The number of rotatable bonds is 6. The molecule has 1 aromatic carbocycles. The van der Waals surface area contributed by atoms with Crippen LogP contribution in [-0.4, -0.2) is 30.4 Å². The third-order valence-corrected chi connectivity index (χ3v) is 4.13. The molecule has 1 heterocycles. The Morgan fingerprint density at radius 2 is 1.81 bits per heavy atom. The number of benzene rings is 1. The van der Waals surface area contributed by atoms with Gasteiger partial charge in [-0.3, -0.25) is 9.69 Å². The van der Waals surface area contributed by atoms with Crippen molar-refractivity contribution in [1.29, 1.82) is 0 Å². The third-order valence-electron chi connectivity index (χ3n) is 4.13. The highest BCUT2D eigenvalue weighted by Crippen LogP contribution is 2.25. The molecule has 0 bridgehead atoms. The number of likely N-dealkylation sites (tertiary alicyclic amines) is 1. The van der Waals surface area contributed by atoms with Crippen LogP contribution in [0.25, 0.3) is 0 Å². The summed E-state index contributed by atoms with van der Waals surface area (Å²) in [5, 5.41) is 3.12. The number of nitrogens with one attached hydrogen (secondary N) is 1. The average Bonchev–Trinajstić information content (AvgIpc) is 2.94. The maximum Gasteiger partial charge on any atom is 0.220 e. The van der Waals surface area contributed by atoms with Gasteiger partial charge in [-0.25, -0.2) is 0 Å². The van der Waals surface area contributed by atoms with E-state index in [-0.39, 0.29) is 5.91 Å². The molecular weight excluding hydrogens is 260 g/mol. The van der Waals surface area contributed by atoms with E-state index in [1.165, 1.54) is 24.0 Å². The largest absolute Gasteiger partial charge is 0.354 e. The quantitative estimate of drug-likeness (QED) is 0.871. The van der Waals surface area contributed by atoms with Crippen LogP contribution < -0.4 is 5.32 Å². The minimum atomic E-state index is 0.168. The van der Waals surface area contributed by atoms with E-state index in [2.05, 4.69) is 55.3 Å². The van der Waals surface area contributed by atoms with Crippen molar-refractivity contribution >= 4 is 5.91 Å². The van der Waals surface area contributed by atoms with Gasteiger partial charge in [-0.2, -0.15) is 0 Å². The Kier molecular flexibility index (Phi) is 5.80. The molecule has 3 nitrogen and oxygen atoms in total. The molecule has 0 unspecified atom stereocenters. The monoisotopic (exact) mass is 288 g/mol. The molecule has 1 amide bonds. The van der Waals surface area contributed by atoms with Crippen LogP contribution in [0.2, 0.25) is 0 Å². The lowest BCUT2D eigenvalue weighted by molar-refractivity contribution is -0.122. The van der Waals surface area contributed by atoms with E-state index in [1.54, 1.807) is 0 Å². The van der Waals surface area contributed by atoms with Crippen LogP contribution in [0.3, 0.4) is 0 Å². The number of hydrogen-bond acceptors (Lipinski definition) is 2. The van der Waals surface area contributed by atoms with E-state index < -0.39 is 0 Å². The van der Waals surface area contributed by atoms with Crippen LogP contribution in [0.4, 0.5) is 0 Å². The van der Waals surface area contributed by atoms with Crippen LogP contribution in [-0.2, 0) is 4.79 Å². The van der Waals surface area contributed by atoms with E-state index in [0.29, 0.717) is 24.9 Å². The number of aryl methyl sites for hydroxylation is 1. The Balaban J connectivity index is 2.02. The van der Waals surface area contributed by atoms with Crippen molar-refractivity contribution in [2.45, 2.75) is 46.1 Å². The van der Waals surface area contributed by atoms with Crippen molar-refractivity contribution in [3.63, 3.8) is 0 Å². The van der Waals surface area contributed by atoms with Crippen molar-refractivity contribution in [2.24, 2.45) is 5.92 Å². The summed E-state index contributed by atoms with van der Waals surface area (Å²) in [6.45, 7) is 9.26. The first-order valence-electron chi connectivity index (χ1n) is 8.13. The molecule has 116 valence electrons. The van der Waals surface area contributed by atoms with E-state index in [1.807, 2.05) is 0 Å². The van der Waals surface area contributed by atoms with Crippen LogP contribution in [0.5, 0.6) is 0 Å². The Morgan fingerprint density at radius 3 is 2.38 bits per heavy atom. The lowest BCUT2D eigenvalue weighted by Gasteiger charge is -2.28. The minimum Gasteiger partial charge on any atom is -0.354 e. The van der Waals surface area contributed by atoms with Crippen molar-refractivity contribution in [2.75, 3.05) is 19.6 Å². The van der Waals surface area contributed by atoms with E-state index >= 15 is 0 Å². The number of hydrogen-bond donors (Lipinski definition) is 1. The summed E-state index contributed by atoms with van der Waals surface area (Å²) >= 11 is 0. The second kappa shape index (κ2) is 7.60. The molecule has 2 rings (SSSR count). The molecular formula is C18H28N2O. The zero-order chi connectivity index (χ0) is 15.2. The molecule has 1 aliphatic rings. The van der Waals surface area contributed by atoms with Crippen molar-refractivity contribution in [3.05, 3.63) is 35.4 Å². The molecule has 1 aliphatic heterocycles. The predicted octanol–water partition coefficient (Wildman–Crippen LogP) is 3.29. The standard InChI is InChI=1S/C18H28N2O/c1-14(2)12-18(21)19-13-17(20-10-4-5-11-20)16-8-6-15(3)7-9-16/h6-9,14,17H,4-5,10-13H2,1-3H3,(H,19,21)/t17-/m0/s1. The summed E-state index contributed by atoms with van der Waals surface area (Å²) in [5.74, 6) is 0.580. The maximum atomic E-state index is 11.9. The molecule has 1 N–H and O–H groups in total. The summed E-state index contributed by atoms with van der Waals surface area (Å²) in [6, 6.07) is 9.03. The highest BCUT2D eigenvalue weighted by Gasteiger charge is 2.23. The van der Waals surface area contributed by atoms with Gasteiger partial charge in [0, 0.05) is 13.0 Å². The molecule has 3 heteroatoms. The van der Waals surface area contributed by atoms with Crippen molar-refractivity contribution < 1.29 is 4.79 Å². The molecule has 0 saturated carbocycles. The zero-order valence-electron chi connectivity index (χ0n) is 13.6. The molecule has 1 fully saturated rings. The lowest BCUT2D eigenvalue weighted by Crippen LogP contribution is -2.37. The first-order chi connectivity index (χ1) is 10.1. The first kappa shape index (κ1) is 16.0. The predicted molar refractivity (Wildman–Crippen MR) is 87.2 cm³/mol. The van der Waals surface area contributed by atoms with Gasteiger partial charge in [0.15, 0.2) is 0 Å². The Labute approximate surface area is 128 Å². The van der Waals surface area contributed by atoms with Gasteiger partial charge in [-0.05, 0) is 44.3 Å². The van der Waals surface area contributed by atoms with E-state index in [9.17, 15) is 4.79 Å². The highest BCUT2D eigenvalue weighted by atomic mass is 16.1. The fourth-order valence-corrected chi connectivity index (χ4v) is 2.95. The molecule has 21 heavy (non-hydrogen) atoms. The molecule has 0 aromatic heterocycles. The molecule has 1 saturated heterocycles. The normalized spacial score (nSPS) is 17.1. The molecule has 0 radical (unpaired) electrons. The molecule has 1 atom stereocenters. The van der Waals surface area contributed by atoms with E-state index in [0.717, 1.165) is 13.1 Å². The van der Waals surface area contributed by atoms with Gasteiger partial charge in [0.1, 0.15) is 0 Å². The minimum absolute atomic E-state index is 0.168. The lowest BCUT2D eigenvalue weighted by atomic mass is 10.0. The van der Waals surface area contributed by atoms with Gasteiger partial charge in [0.25, 0.3) is 0 Å². The first-order valence-corrected chi connectivity index (χ1v) is 8.13. The van der Waals surface area contributed by atoms with Crippen LogP contribution in [0, 0.1) is 12.8 Å². The number of amides is 1. The molecule has 1 aromatic rings. The second-order valence-electron chi connectivity index (χ2n) is 6.57. The summed E-state index contributed by atoms with van der Waals surface area (Å²) < 4.78 is 0.